The number of nitrogens with two attached hydrogens (primary N) is 1. The Morgan fingerprint density at radius 1 is 1.41 bits per heavy atom. The topological polar surface area (TPSA) is 55.6 Å². The first-order valence-corrected chi connectivity index (χ1v) is 6.66. The van der Waals surface area contributed by atoms with Crippen LogP contribution in [0.5, 0.6) is 5.75 Å². The van der Waals surface area contributed by atoms with Crippen LogP contribution < -0.4 is 10.5 Å². The molecule has 1 saturated heterocycles. The Bertz CT molecular complexity index is 525. The van der Waals surface area contributed by atoms with Crippen molar-refractivity contribution in [3.63, 3.8) is 0 Å². The van der Waals surface area contributed by atoms with E-state index in [0.29, 0.717) is 19.5 Å². The molecule has 4 nitrogen and oxygen atoms in total. The fraction of sp³-hybridized carbons (Fsp3) is 0.500. The minimum Gasteiger partial charge on any atom is -0.480 e. The molecule has 0 aliphatic carbocycles. The summed E-state index contributed by atoms with van der Waals surface area (Å²) >= 11 is 0. The van der Waals surface area contributed by atoms with Gasteiger partial charge in [-0.25, -0.2) is 0 Å². The third-order valence-electron chi connectivity index (χ3n) is 3.38. The number of para-hydroxylation sites is 1. The maximum atomic E-state index is 12.9. The van der Waals surface area contributed by atoms with Gasteiger partial charge in [0, 0.05) is 19.1 Å². The third-order valence-corrected chi connectivity index (χ3v) is 3.38. The number of halogens is 4. The lowest BCUT2D eigenvalue weighted by atomic mass is 10.2. The van der Waals surface area contributed by atoms with E-state index in [1.807, 2.05) is 0 Å². The van der Waals surface area contributed by atoms with Crippen LogP contribution in [0.4, 0.5) is 13.2 Å². The van der Waals surface area contributed by atoms with E-state index in [2.05, 4.69) is 0 Å². The molecule has 1 unspecified atom stereocenters. The lowest BCUT2D eigenvalue weighted by Gasteiger charge is -2.23. The third kappa shape index (κ3) is 4.27. The molecule has 1 heterocycles. The minimum absolute atomic E-state index is 0. The van der Waals surface area contributed by atoms with Crippen molar-refractivity contribution in [2.45, 2.75) is 31.7 Å². The largest absolute Gasteiger partial charge is 0.480 e. The van der Waals surface area contributed by atoms with Crippen LogP contribution in [-0.4, -0.2) is 36.0 Å². The number of hydrogen-bond acceptors (Lipinski definition) is 3. The number of benzene rings is 1. The number of likely N-dealkylation sites (tertiary alicyclic amines) is 1. The van der Waals surface area contributed by atoms with E-state index < -0.39 is 17.8 Å². The smallest absolute Gasteiger partial charge is 0.419 e. The predicted octanol–water partition coefficient (Wildman–Crippen LogP) is 2.45. The van der Waals surface area contributed by atoms with Crippen LogP contribution in [0.3, 0.4) is 0 Å². The van der Waals surface area contributed by atoms with Crippen molar-refractivity contribution in [1.29, 1.82) is 0 Å². The molecule has 0 radical (unpaired) electrons. The Morgan fingerprint density at radius 3 is 2.59 bits per heavy atom. The molecule has 1 aliphatic heterocycles. The summed E-state index contributed by atoms with van der Waals surface area (Å²) in [5.74, 6) is -0.686. The second-order valence-corrected chi connectivity index (χ2v) is 5.09. The Balaban J connectivity index is 0.00000242. The van der Waals surface area contributed by atoms with Crippen LogP contribution in [0.2, 0.25) is 0 Å². The highest BCUT2D eigenvalue weighted by Gasteiger charge is 2.35. The Hall–Kier alpha value is -1.47. The van der Waals surface area contributed by atoms with Crippen LogP contribution in [0.1, 0.15) is 18.9 Å². The summed E-state index contributed by atoms with van der Waals surface area (Å²) in [4.78, 5) is 13.6. The number of carbonyl (C=O) groups excluding carboxylic acids is 1. The normalized spacial score (nSPS) is 19.5. The molecule has 0 saturated carbocycles. The van der Waals surface area contributed by atoms with E-state index in [-0.39, 0.29) is 30.1 Å². The van der Waals surface area contributed by atoms with E-state index in [0.717, 1.165) is 6.07 Å². The molecule has 1 aromatic carbocycles. The number of ether oxygens (including phenoxy) is 1. The molecule has 2 atom stereocenters. The van der Waals surface area contributed by atoms with Crippen molar-refractivity contribution >= 4 is 18.3 Å². The predicted molar refractivity (Wildman–Crippen MR) is 78.0 cm³/mol. The van der Waals surface area contributed by atoms with E-state index in [4.69, 9.17) is 10.5 Å². The first-order chi connectivity index (χ1) is 9.79. The Kier molecular flexibility index (Phi) is 6.08. The molecular formula is C14H18ClF3N2O2. The number of amides is 1. The monoisotopic (exact) mass is 338 g/mol. The van der Waals surface area contributed by atoms with Crippen molar-refractivity contribution in [2.24, 2.45) is 5.73 Å². The molecule has 1 amide bonds. The minimum atomic E-state index is -4.52. The molecule has 2 N–H and O–H groups in total. The van der Waals surface area contributed by atoms with Crippen LogP contribution in [0.25, 0.3) is 0 Å². The zero-order valence-corrected chi connectivity index (χ0v) is 12.8. The summed E-state index contributed by atoms with van der Waals surface area (Å²) in [6, 6.07) is 4.78. The van der Waals surface area contributed by atoms with E-state index >= 15 is 0 Å². The molecule has 22 heavy (non-hydrogen) atoms. The van der Waals surface area contributed by atoms with Gasteiger partial charge < -0.3 is 15.4 Å². The molecular weight excluding hydrogens is 321 g/mol. The van der Waals surface area contributed by atoms with E-state index in [1.165, 1.54) is 30.0 Å². The average molecular weight is 339 g/mol. The van der Waals surface area contributed by atoms with Gasteiger partial charge in [-0.05, 0) is 25.5 Å². The molecule has 1 fully saturated rings. The molecule has 1 aliphatic rings. The SMILES string of the molecule is CC(Oc1ccccc1C(F)(F)F)C(=O)N1CC[C@@H](N)C1.Cl. The molecule has 0 bridgehead atoms. The van der Waals surface area contributed by atoms with Crippen molar-refractivity contribution in [2.75, 3.05) is 13.1 Å². The number of alkyl halides is 3. The van der Waals surface area contributed by atoms with Gasteiger partial charge in [0.1, 0.15) is 5.75 Å². The number of hydrogen-bond donors (Lipinski definition) is 1. The lowest BCUT2D eigenvalue weighted by molar-refractivity contribution is -0.143. The molecule has 0 aromatic heterocycles. The summed E-state index contributed by atoms with van der Waals surface area (Å²) in [7, 11) is 0. The number of nitrogens with zero attached hydrogens (tertiary/aromatic N) is 1. The van der Waals surface area contributed by atoms with E-state index in [1.54, 1.807) is 0 Å². The molecule has 2 rings (SSSR count). The van der Waals surface area contributed by atoms with Crippen LogP contribution in [-0.2, 0) is 11.0 Å². The van der Waals surface area contributed by atoms with Gasteiger partial charge in [-0.1, -0.05) is 12.1 Å². The fourth-order valence-corrected chi connectivity index (χ4v) is 2.29. The van der Waals surface area contributed by atoms with Gasteiger partial charge in [0.25, 0.3) is 5.91 Å². The second kappa shape index (κ2) is 7.19. The highest BCUT2D eigenvalue weighted by molar-refractivity contribution is 5.85. The number of rotatable bonds is 3. The van der Waals surface area contributed by atoms with Gasteiger partial charge in [0.15, 0.2) is 6.10 Å². The van der Waals surface area contributed by atoms with Crippen molar-refractivity contribution in [3.8, 4) is 5.75 Å². The summed E-state index contributed by atoms with van der Waals surface area (Å²) in [6.07, 6.45) is -4.81. The zero-order chi connectivity index (χ0) is 15.6. The van der Waals surface area contributed by atoms with Gasteiger partial charge in [-0.3, -0.25) is 4.79 Å². The summed E-state index contributed by atoms with van der Waals surface area (Å²) in [6.45, 7) is 2.36. The molecule has 1 aromatic rings. The fourth-order valence-electron chi connectivity index (χ4n) is 2.29. The molecule has 0 spiro atoms. The van der Waals surface area contributed by atoms with Crippen molar-refractivity contribution in [3.05, 3.63) is 29.8 Å². The van der Waals surface area contributed by atoms with Crippen molar-refractivity contribution < 1.29 is 22.7 Å². The standard InChI is InChI=1S/C14H17F3N2O2.ClH/c1-9(13(20)19-7-6-10(18)8-19)21-12-5-3-2-4-11(12)14(15,16)17;/h2-5,9-10H,6-8,18H2,1H3;1H/t9?,10-;/m1./s1. The maximum absolute atomic E-state index is 12.9. The Labute approximate surface area is 132 Å². The highest BCUT2D eigenvalue weighted by Crippen LogP contribution is 2.36. The summed E-state index contributed by atoms with van der Waals surface area (Å²) < 4.78 is 43.8. The lowest BCUT2D eigenvalue weighted by Crippen LogP contribution is -2.40. The van der Waals surface area contributed by atoms with Crippen LogP contribution >= 0.6 is 12.4 Å². The van der Waals surface area contributed by atoms with Crippen molar-refractivity contribution in [1.82, 2.24) is 4.90 Å². The highest BCUT2D eigenvalue weighted by atomic mass is 35.5. The van der Waals surface area contributed by atoms with Gasteiger partial charge >= 0.3 is 6.18 Å². The molecule has 124 valence electrons. The zero-order valence-electron chi connectivity index (χ0n) is 12.0. The van der Waals surface area contributed by atoms with Gasteiger partial charge in [0.05, 0.1) is 5.56 Å². The van der Waals surface area contributed by atoms with Crippen LogP contribution in [0.15, 0.2) is 24.3 Å². The number of carbonyl (C=O) groups is 1. The Morgan fingerprint density at radius 2 is 2.05 bits per heavy atom. The molecule has 8 heteroatoms. The van der Waals surface area contributed by atoms with Gasteiger partial charge in [0.2, 0.25) is 0 Å². The first-order valence-electron chi connectivity index (χ1n) is 6.66. The summed E-state index contributed by atoms with van der Waals surface area (Å²) in [5, 5.41) is 0. The first kappa shape index (κ1) is 18.6. The quantitative estimate of drug-likeness (QED) is 0.921. The average Bonchev–Trinajstić information content (AvgIpc) is 2.84. The maximum Gasteiger partial charge on any atom is 0.419 e. The summed E-state index contributed by atoms with van der Waals surface area (Å²) in [5.41, 5.74) is 4.83. The second-order valence-electron chi connectivity index (χ2n) is 5.09. The van der Waals surface area contributed by atoms with Gasteiger partial charge in [-0.2, -0.15) is 13.2 Å². The van der Waals surface area contributed by atoms with E-state index in [9.17, 15) is 18.0 Å². The van der Waals surface area contributed by atoms with Crippen LogP contribution in [0, 0.1) is 0 Å². The van der Waals surface area contributed by atoms with Gasteiger partial charge in [-0.15, -0.1) is 12.4 Å².